The summed E-state index contributed by atoms with van der Waals surface area (Å²) >= 11 is 0. The third-order valence-electron chi connectivity index (χ3n) is 3.00. The first-order valence-corrected chi connectivity index (χ1v) is 6.44. The van der Waals surface area contributed by atoms with Crippen molar-refractivity contribution in [2.75, 3.05) is 0 Å². The van der Waals surface area contributed by atoms with Crippen LogP contribution in [0.5, 0.6) is 0 Å². The Kier molecular flexibility index (Phi) is 5.88. The summed E-state index contributed by atoms with van der Waals surface area (Å²) in [7, 11) is 0. The van der Waals surface area contributed by atoms with E-state index in [9.17, 15) is 9.18 Å². The summed E-state index contributed by atoms with van der Waals surface area (Å²) in [5, 5.41) is 0. The second kappa shape index (κ2) is 7.21. The molecule has 0 saturated carbocycles. The number of carbonyl (C=O) groups is 1. The number of unbranched alkanes of at least 4 members (excludes halogenated alkanes) is 4. The van der Waals surface area contributed by atoms with Crippen molar-refractivity contribution in [3.05, 3.63) is 35.1 Å². The third-order valence-corrected chi connectivity index (χ3v) is 3.00. The first-order chi connectivity index (χ1) is 8.15. The number of hydrogen-bond acceptors (Lipinski definition) is 1. The molecule has 1 aromatic carbocycles. The Balaban J connectivity index is 2.42. The maximum absolute atomic E-state index is 12.9. The highest BCUT2D eigenvalue weighted by Gasteiger charge is 2.09. The van der Waals surface area contributed by atoms with Gasteiger partial charge in [0.05, 0.1) is 0 Å². The van der Waals surface area contributed by atoms with E-state index >= 15 is 0 Å². The van der Waals surface area contributed by atoms with Crippen LogP contribution in [0.4, 0.5) is 4.39 Å². The van der Waals surface area contributed by atoms with Gasteiger partial charge < -0.3 is 0 Å². The lowest BCUT2D eigenvalue weighted by atomic mass is 10.00. The van der Waals surface area contributed by atoms with Crippen LogP contribution in [0.3, 0.4) is 0 Å². The van der Waals surface area contributed by atoms with Gasteiger partial charge in [0.1, 0.15) is 5.82 Å². The largest absolute Gasteiger partial charge is 0.294 e. The molecule has 2 heteroatoms. The van der Waals surface area contributed by atoms with Crippen molar-refractivity contribution < 1.29 is 9.18 Å². The quantitative estimate of drug-likeness (QED) is 0.496. The molecule has 0 aromatic heterocycles. The standard InChI is InChI=1S/C15H21FO/c1-3-4-5-6-7-8-15(17)14-10-9-13(16)11-12(14)2/h9-11H,3-8H2,1-2H3. The normalized spacial score (nSPS) is 10.5. The van der Waals surface area contributed by atoms with Crippen molar-refractivity contribution in [1.29, 1.82) is 0 Å². The maximum atomic E-state index is 12.9. The van der Waals surface area contributed by atoms with Crippen molar-refractivity contribution >= 4 is 5.78 Å². The molecule has 0 aliphatic heterocycles. The van der Waals surface area contributed by atoms with E-state index in [4.69, 9.17) is 0 Å². The predicted octanol–water partition coefficient (Wildman–Crippen LogP) is 4.68. The minimum Gasteiger partial charge on any atom is -0.294 e. The number of ketones is 1. The molecule has 0 bridgehead atoms. The van der Waals surface area contributed by atoms with Gasteiger partial charge in [-0.3, -0.25) is 4.79 Å². The summed E-state index contributed by atoms with van der Waals surface area (Å²) in [5.74, 6) is -0.138. The van der Waals surface area contributed by atoms with Crippen LogP contribution in [-0.2, 0) is 0 Å². The molecule has 0 spiro atoms. The van der Waals surface area contributed by atoms with Crippen LogP contribution in [-0.4, -0.2) is 5.78 Å². The fourth-order valence-electron chi connectivity index (χ4n) is 1.96. The first kappa shape index (κ1) is 13.9. The van der Waals surface area contributed by atoms with Gasteiger partial charge in [0.2, 0.25) is 0 Å². The summed E-state index contributed by atoms with van der Waals surface area (Å²) in [4.78, 5) is 11.9. The predicted molar refractivity (Wildman–Crippen MR) is 68.8 cm³/mol. The topological polar surface area (TPSA) is 17.1 Å². The van der Waals surface area contributed by atoms with Crippen LogP contribution >= 0.6 is 0 Å². The van der Waals surface area contributed by atoms with Crippen LogP contribution in [0.25, 0.3) is 0 Å². The van der Waals surface area contributed by atoms with Crippen LogP contribution in [0.15, 0.2) is 18.2 Å². The van der Waals surface area contributed by atoms with Crippen LogP contribution in [0, 0.1) is 12.7 Å². The second-order valence-corrected chi connectivity index (χ2v) is 4.55. The molecule has 0 heterocycles. The van der Waals surface area contributed by atoms with Gasteiger partial charge in [0.25, 0.3) is 0 Å². The third kappa shape index (κ3) is 4.68. The van der Waals surface area contributed by atoms with Crippen molar-refractivity contribution in [2.24, 2.45) is 0 Å². The number of rotatable bonds is 7. The van der Waals surface area contributed by atoms with Gasteiger partial charge in [0, 0.05) is 12.0 Å². The average Bonchev–Trinajstić information content (AvgIpc) is 2.28. The van der Waals surface area contributed by atoms with E-state index in [-0.39, 0.29) is 11.6 Å². The molecule has 0 N–H and O–H groups in total. The highest BCUT2D eigenvalue weighted by molar-refractivity contribution is 5.97. The number of benzene rings is 1. The smallest absolute Gasteiger partial charge is 0.163 e. The highest BCUT2D eigenvalue weighted by atomic mass is 19.1. The van der Waals surface area contributed by atoms with Gasteiger partial charge in [-0.25, -0.2) is 4.39 Å². The zero-order valence-corrected chi connectivity index (χ0v) is 10.8. The van der Waals surface area contributed by atoms with E-state index in [0.717, 1.165) is 18.4 Å². The summed E-state index contributed by atoms with van der Waals surface area (Å²) in [6.45, 7) is 3.96. The number of halogens is 1. The van der Waals surface area contributed by atoms with Gasteiger partial charge in [-0.05, 0) is 37.1 Å². The number of carbonyl (C=O) groups excluding carboxylic acids is 1. The highest BCUT2D eigenvalue weighted by Crippen LogP contribution is 2.14. The average molecular weight is 236 g/mol. The summed E-state index contributed by atoms with van der Waals surface area (Å²) in [6.07, 6.45) is 6.28. The lowest BCUT2D eigenvalue weighted by Crippen LogP contribution is -2.02. The van der Waals surface area contributed by atoms with E-state index in [1.54, 1.807) is 13.0 Å². The molecular weight excluding hydrogens is 215 g/mol. The Morgan fingerprint density at radius 3 is 2.53 bits per heavy atom. The molecule has 1 nitrogen and oxygen atoms in total. The fourth-order valence-corrected chi connectivity index (χ4v) is 1.96. The molecule has 17 heavy (non-hydrogen) atoms. The molecule has 1 rings (SSSR count). The molecule has 0 aliphatic carbocycles. The molecule has 0 radical (unpaired) electrons. The Bertz CT molecular complexity index is 371. The van der Waals surface area contributed by atoms with Crippen LogP contribution in [0.1, 0.15) is 61.4 Å². The monoisotopic (exact) mass is 236 g/mol. The van der Waals surface area contributed by atoms with Gasteiger partial charge in [-0.2, -0.15) is 0 Å². The molecule has 94 valence electrons. The van der Waals surface area contributed by atoms with Crippen molar-refractivity contribution in [1.82, 2.24) is 0 Å². The molecule has 0 saturated heterocycles. The number of Topliss-reactive ketones (excluding diaryl/α,β-unsaturated/α-hetero) is 1. The SMILES string of the molecule is CCCCCCCC(=O)c1ccc(F)cc1C. The summed E-state index contributed by atoms with van der Waals surface area (Å²) < 4.78 is 12.9. The fraction of sp³-hybridized carbons (Fsp3) is 0.533. The Hall–Kier alpha value is -1.18. The van der Waals surface area contributed by atoms with E-state index in [0.29, 0.717) is 12.0 Å². The molecule has 0 fully saturated rings. The molecule has 0 unspecified atom stereocenters. The van der Waals surface area contributed by atoms with Crippen LogP contribution in [0.2, 0.25) is 0 Å². The van der Waals surface area contributed by atoms with E-state index in [1.807, 2.05) is 0 Å². The lowest BCUT2D eigenvalue weighted by Gasteiger charge is -2.05. The number of aryl methyl sites for hydroxylation is 1. The Morgan fingerprint density at radius 2 is 1.88 bits per heavy atom. The lowest BCUT2D eigenvalue weighted by molar-refractivity contribution is 0.0978. The minimum atomic E-state index is -0.276. The molecule has 1 aromatic rings. The zero-order chi connectivity index (χ0) is 12.7. The van der Waals surface area contributed by atoms with E-state index in [1.165, 1.54) is 31.4 Å². The van der Waals surface area contributed by atoms with Gasteiger partial charge in [-0.1, -0.05) is 32.6 Å². The van der Waals surface area contributed by atoms with Gasteiger partial charge in [-0.15, -0.1) is 0 Å². The molecule has 0 atom stereocenters. The van der Waals surface area contributed by atoms with Crippen molar-refractivity contribution in [3.8, 4) is 0 Å². The first-order valence-electron chi connectivity index (χ1n) is 6.44. The Morgan fingerprint density at radius 1 is 1.18 bits per heavy atom. The Labute approximate surface area is 103 Å². The van der Waals surface area contributed by atoms with Gasteiger partial charge in [0.15, 0.2) is 5.78 Å². The summed E-state index contributed by atoms with van der Waals surface area (Å²) in [5.41, 5.74) is 1.41. The summed E-state index contributed by atoms with van der Waals surface area (Å²) in [6, 6.07) is 4.38. The van der Waals surface area contributed by atoms with Crippen LogP contribution < -0.4 is 0 Å². The zero-order valence-electron chi connectivity index (χ0n) is 10.8. The van der Waals surface area contributed by atoms with Gasteiger partial charge >= 0.3 is 0 Å². The van der Waals surface area contributed by atoms with E-state index < -0.39 is 0 Å². The molecule has 0 amide bonds. The van der Waals surface area contributed by atoms with Crippen molar-refractivity contribution in [2.45, 2.75) is 52.4 Å². The maximum Gasteiger partial charge on any atom is 0.163 e. The minimum absolute atomic E-state index is 0.138. The molecule has 0 aliphatic rings. The number of hydrogen-bond donors (Lipinski definition) is 0. The van der Waals surface area contributed by atoms with E-state index in [2.05, 4.69) is 6.92 Å². The molecular formula is C15H21FO. The van der Waals surface area contributed by atoms with Crippen molar-refractivity contribution in [3.63, 3.8) is 0 Å². The second-order valence-electron chi connectivity index (χ2n) is 4.55.